The van der Waals surface area contributed by atoms with Gasteiger partial charge in [0.2, 0.25) is 0 Å². The van der Waals surface area contributed by atoms with Gasteiger partial charge in [0, 0.05) is 6.04 Å². The summed E-state index contributed by atoms with van der Waals surface area (Å²) in [4.78, 5) is 0. The molecule has 1 nitrogen and oxygen atoms in total. The Morgan fingerprint density at radius 1 is 1.29 bits per heavy atom. The van der Waals surface area contributed by atoms with E-state index in [0.29, 0.717) is 11.5 Å². The zero-order valence-corrected chi connectivity index (χ0v) is 9.98. The van der Waals surface area contributed by atoms with Gasteiger partial charge in [0.15, 0.2) is 0 Å². The van der Waals surface area contributed by atoms with Crippen molar-refractivity contribution in [2.45, 2.75) is 65.0 Å². The van der Waals surface area contributed by atoms with Crippen molar-refractivity contribution >= 4 is 0 Å². The van der Waals surface area contributed by atoms with Crippen LogP contribution >= 0.6 is 0 Å². The second-order valence-electron chi connectivity index (χ2n) is 5.85. The second kappa shape index (κ2) is 3.95. The molecule has 1 aliphatic carbocycles. The maximum atomic E-state index is 5.46. The molecule has 1 aliphatic rings. The molecule has 80 valence electrons. The number of hydrogen-bond acceptors (Lipinski definition) is 1. The van der Waals surface area contributed by atoms with E-state index in [4.69, 9.17) is 6.42 Å². The van der Waals surface area contributed by atoms with Crippen molar-refractivity contribution in [3.63, 3.8) is 0 Å². The molecule has 0 saturated heterocycles. The van der Waals surface area contributed by atoms with E-state index in [0.717, 1.165) is 0 Å². The first-order valence-corrected chi connectivity index (χ1v) is 5.60. The quantitative estimate of drug-likeness (QED) is 0.665. The Balaban J connectivity index is 2.41. The number of terminal acetylenes is 1. The summed E-state index contributed by atoms with van der Waals surface area (Å²) < 4.78 is 0. The average Bonchev–Trinajstić information content (AvgIpc) is 2.09. The molecule has 0 spiro atoms. The Hall–Kier alpha value is -0.480. The largest absolute Gasteiger partial charge is 0.299 e. The van der Waals surface area contributed by atoms with Gasteiger partial charge in [-0.1, -0.05) is 19.8 Å². The van der Waals surface area contributed by atoms with Gasteiger partial charge in [0.05, 0.1) is 5.54 Å². The number of nitrogens with one attached hydrogen (secondary N) is 1. The summed E-state index contributed by atoms with van der Waals surface area (Å²) in [6, 6.07) is 0.620. The summed E-state index contributed by atoms with van der Waals surface area (Å²) >= 11 is 0. The summed E-state index contributed by atoms with van der Waals surface area (Å²) in [5.74, 6) is 2.80. The lowest BCUT2D eigenvalue weighted by Gasteiger charge is -2.37. The summed E-state index contributed by atoms with van der Waals surface area (Å²) in [6.45, 7) is 8.87. The van der Waals surface area contributed by atoms with Gasteiger partial charge in [-0.15, -0.1) is 6.42 Å². The Labute approximate surface area is 88.7 Å². The van der Waals surface area contributed by atoms with E-state index in [-0.39, 0.29) is 5.54 Å². The SMILES string of the molecule is C#CC(C)(C)NC1CCC(C)(C)CC1. The molecule has 1 fully saturated rings. The Morgan fingerprint density at radius 3 is 2.21 bits per heavy atom. The van der Waals surface area contributed by atoms with Crippen LogP contribution in [0.5, 0.6) is 0 Å². The Bertz CT molecular complexity index is 222. The summed E-state index contributed by atoms with van der Waals surface area (Å²) in [5.41, 5.74) is 0.393. The van der Waals surface area contributed by atoms with Crippen LogP contribution in [0.25, 0.3) is 0 Å². The minimum Gasteiger partial charge on any atom is -0.299 e. The van der Waals surface area contributed by atoms with Crippen molar-refractivity contribution in [3.8, 4) is 12.3 Å². The van der Waals surface area contributed by atoms with Gasteiger partial charge < -0.3 is 0 Å². The van der Waals surface area contributed by atoms with Crippen molar-refractivity contribution in [3.05, 3.63) is 0 Å². The third-order valence-electron chi connectivity index (χ3n) is 3.26. The number of hydrogen-bond donors (Lipinski definition) is 1. The fourth-order valence-corrected chi connectivity index (χ4v) is 2.10. The molecule has 0 bridgehead atoms. The van der Waals surface area contributed by atoms with Crippen molar-refractivity contribution in [1.29, 1.82) is 0 Å². The van der Waals surface area contributed by atoms with E-state index < -0.39 is 0 Å². The molecular formula is C13H23N. The minimum absolute atomic E-state index is 0.147. The first-order chi connectivity index (χ1) is 6.35. The van der Waals surface area contributed by atoms with E-state index in [1.165, 1.54) is 25.7 Å². The van der Waals surface area contributed by atoms with Gasteiger partial charge in [0.25, 0.3) is 0 Å². The van der Waals surface area contributed by atoms with Crippen LogP contribution < -0.4 is 5.32 Å². The fraction of sp³-hybridized carbons (Fsp3) is 0.846. The monoisotopic (exact) mass is 193 g/mol. The third-order valence-corrected chi connectivity index (χ3v) is 3.26. The van der Waals surface area contributed by atoms with Crippen molar-refractivity contribution in [2.75, 3.05) is 0 Å². The van der Waals surface area contributed by atoms with Gasteiger partial charge in [-0.2, -0.15) is 0 Å². The predicted octanol–water partition coefficient (Wildman–Crippen LogP) is 2.96. The molecule has 0 aliphatic heterocycles. The first-order valence-electron chi connectivity index (χ1n) is 5.60. The molecule has 0 aromatic carbocycles. The Kier molecular flexibility index (Phi) is 3.27. The molecule has 0 radical (unpaired) electrons. The van der Waals surface area contributed by atoms with Crippen LogP contribution in [0.4, 0.5) is 0 Å². The molecule has 0 aromatic heterocycles. The topological polar surface area (TPSA) is 12.0 Å². The van der Waals surface area contributed by atoms with Crippen LogP contribution in [0.2, 0.25) is 0 Å². The maximum Gasteiger partial charge on any atom is 0.0743 e. The predicted molar refractivity (Wildman–Crippen MR) is 62.1 cm³/mol. The van der Waals surface area contributed by atoms with Crippen LogP contribution in [0.15, 0.2) is 0 Å². The fourth-order valence-electron chi connectivity index (χ4n) is 2.10. The summed E-state index contributed by atoms with van der Waals surface area (Å²) in [6.07, 6.45) is 10.6. The molecule has 1 rings (SSSR count). The van der Waals surface area contributed by atoms with Crippen LogP contribution in [-0.2, 0) is 0 Å². The lowest BCUT2D eigenvalue weighted by molar-refractivity contribution is 0.193. The number of rotatable bonds is 2. The lowest BCUT2D eigenvalue weighted by atomic mass is 9.75. The second-order valence-corrected chi connectivity index (χ2v) is 5.85. The van der Waals surface area contributed by atoms with Crippen LogP contribution in [0, 0.1) is 17.8 Å². The highest BCUT2D eigenvalue weighted by Gasteiger charge is 2.29. The molecule has 0 atom stereocenters. The van der Waals surface area contributed by atoms with Crippen molar-refractivity contribution in [2.24, 2.45) is 5.41 Å². The zero-order chi connectivity index (χ0) is 10.8. The molecule has 1 saturated carbocycles. The van der Waals surface area contributed by atoms with Crippen molar-refractivity contribution < 1.29 is 0 Å². The minimum atomic E-state index is -0.147. The molecule has 1 heteroatoms. The third kappa shape index (κ3) is 3.35. The van der Waals surface area contributed by atoms with E-state index >= 15 is 0 Å². The van der Waals surface area contributed by atoms with Crippen LogP contribution in [-0.4, -0.2) is 11.6 Å². The molecular weight excluding hydrogens is 170 g/mol. The Morgan fingerprint density at radius 2 is 1.79 bits per heavy atom. The standard InChI is InChI=1S/C13H23N/c1-6-13(4,5)14-11-7-9-12(2,3)10-8-11/h1,11,14H,7-10H2,2-5H3. The molecule has 14 heavy (non-hydrogen) atoms. The first kappa shape index (κ1) is 11.6. The van der Waals surface area contributed by atoms with Crippen LogP contribution in [0.3, 0.4) is 0 Å². The van der Waals surface area contributed by atoms with Gasteiger partial charge in [0.1, 0.15) is 0 Å². The highest BCUT2D eigenvalue weighted by Crippen LogP contribution is 2.35. The summed E-state index contributed by atoms with van der Waals surface area (Å²) in [7, 11) is 0. The lowest BCUT2D eigenvalue weighted by Crippen LogP contribution is -2.47. The molecule has 0 heterocycles. The molecule has 0 unspecified atom stereocenters. The van der Waals surface area contributed by atoms with Gasteiger partial charge in [-0.05, 0) is 44.9 Å². The van der Waals surface area contributed by atoms with E-state index in [9.17, 15) is 0 Å². The normalized spacial score (nSPS) is 23.1. The average molecular weight is 193 g/mol. The van der Waals surface area contributed by atoms with E-state index in [2.05, 4.69) is 38.9 Å². The maximum absolute atomic E-state index is 5.46. The smallest absolute Gasteiger partial charge is 0.0743 e. The van der Waals surface area contributed by atoms with E-state index in [1.807, 2.05) is 0 Å². The molecule has 1 N–H and O–H groups in total. The van der Waals surface area contributed by atoms with Gasteiger partial charge in [-0.25, -0.2) is 0 Å². The van der Waals surface area contributed by atoms with Gasteiger partial charge >= 0.3 is 0 Å². The van der Waals surface area contributed by atoms with Crippen molar-refractivity contribution in [1.82, 2.24) is 5.32 Å². The highest BCUT2D eigenvalue weighted by molar-refractivity contribution is 5.08. The molecule has 0 amide bonds. The summed E-state index contributed by atoms with van der Waals surface area (Å²) in [5, 5.41) is 3.55. The molecule has 0 aromatic rings. The zero-order valence-electron chi connectivity index (χ0n) is 9.98. The van der Waals surface area contributed by atoms with Gasteiger partial charge in [-0.3, -0.25) is 5.32 Å². The highest BCUT2D eigenvalue weighted by atomic mass is 15.0. The van der Waals surface area contributed by atoms with E-state index in [1.54, 1.807) is 0 Å². The van der Waals surface area contributed by atoms with Crippen LogP contribution in [0.1, 0.15) is 53.4 Å².